The number of aliphatic hydroxyl groups is 1. The average Bonchev–Trinajstić information content (AvgIpc) is 2.42. The molecule has 1 saturated carbocycles. The molecule has 0 saturated heterocycles. The van der Waals surface area contributed by atoms with Crippen LogP contribution in [0.4, 0.5) is 0 Å². The van der Waals surface area contributed by atoms with Gasteiger partial charge in [-0.3, -0.25) is 0 Å². The van der Waals surface area contributed by atoms with Crippen LogP contribution in [0.15, 0.2) is 0 Å². The van der Waals surface area contributed by atoms with E-state index in [1.807, 2.05) is 0 Å². The number of rotatable bonds is 9. The molecule has 2 N–H and O–H groups in total. The topological polar surface area (TPSA) is 44.7 Å². The highest BCUT2D eigenvalue weighted by Gasteiger charge is 2.19. The molecule has 0 aromatic heterocycles. The molecule has 2 atom stereocenters. The highest BCUT2D eigenvalue weighted by molar-refractivity contribution is 4.71. The Balaban J connectivity index is 2.03. The normalized spacial score (nSPS) is 26.7. The Morgan fingerprint density at radius 1 is 1.25 bits per heavy atom. The molecule has 20 heavy (non-hydrogen) atoms. The van der Waals surface area contributed by atoms with E-state index in [-0.39, 0.29) is 0 Å². The number of nitrogens with one attached hydrogen (secondary N) is 1. The molecule has 1 rings (SSSR count). The van der Waals surface area contributed by atoms with E-state index in [0.717, 1.165) is 31.7 Å². The number of nitrogens with zero attached hydrogens (tertiary/aromatic N) is 1. The van der Waals surface area contributed by atoms with E-state index in [1.165, 1.54) is 12.8 Å². The quantitative estimate of drug-likeness (QED) is 0.679. The third kappa shape index (κ3) is 8.20. The average molecular weight is 286 g/mol. The largest absolute Gasteiger partial charge is 0.389 e. The minimum Gasteiger partial charge on any atom is -0.389 e. The monoisotopic (exact) mass is 286 g/mol. The van der Waals surface area contributed by atoms with Crippen LogP contribution < -0.4 is 5.32 Å². The third-order valence-corrected chi connectivity index (χ3v) is 4.20. The van der Waals surface area contributed by atoms with Crippen LogP contribution in [-0.4, -0.2) is 62.0 Å². The van der Waals surface area contributed by atoms with Crippen molar-refractivity contribution in [1.29, 1.82) is 0 Å². The van der Waals surface area contributed by atoms with Gasteiger partial charge in [0.05, 0.1) is 18.8 Å². The van der Waals surface area contributed by atoms with Gasteiger partial charge < -0.3 is 20.1 Å². The summed E-state index contributed by atoms with van der Waals surface area (Å²) in [7, 11) is 4.17. The van der Waals surface area contributed by atoms with E-state index in [9.17, 15) is 5.11 Å². The molecule has 0 heterocycles. The minimum atomic E-state index is -0.392. The number of ether oxygens (including phenoxy) is 1. The Kier molecular flexibility index (Phi) is 8.69. The second kappa shape index (κ2) is 9.72. The lowest BCUT2D eigenvalue weighted by atomic mass is 9.89. The van der Waals surface area contributed by atoms with Crippen LogP contribution in [0.3, 0.4) is 0 Å². The van der Waals surface area contributed by atoms with E-state index >= 15 is 0 Å². The molecule has 1 aliphatic rings. The van der Waals surface area contributed by atoms with Gasteiger partial charge in [0, 0.05) is 12.6 Å². The van der Waals surface area contributed by atoms with Crippen molar-refractivity contribution in [2.45, 2.75) is 64.2 Å². The molecule has 0 spiro atoms. The molecular formula is C16H34N2O2. The smallest absolute Gasteiger partial charge is 0.0897 e. The summed E-state index contributed by atoms with van der Waals surface area (Å²) in [5, 5.41) is 13.3. The Bertz CT molecular complexity index is 241. The summed E-state index contributed by atoms with van der Waals surface area (Å²) in [4.78, 5) is 2.18. The van der Waals surface area contributed by atoms with Crippen molar-refractivity contribution in [3.8, 4) is 0 Å². The second-order valence-corrected chi connectivity index (χ2v) is 6.77. The predicted octanol–water partition coefficient (Wildman–Crippen LogP) is 1.87. The third-order valence-electron chi connectivity index (χ3n) is 4.20. The molecule has 0 aliphatic heterocycles. The number of aliphatic hydroxyl groups excluding tert-OH is 1. The molecule has 0 aromatic rings. The van der Waals surface area contributed by atoms with E-state index in [1.54, 1.807) is 0 Å². The van der Waals surface area contributed by atoms with Gasteiger partial charge in [0.25, 0.3) is 0 Å². The van der Waals surface area contributed by atoms with Gasteiger partial charge >= 0.3 is 0 Å². The molecule has 0 bridgehead atoms. The molecule has 4 nitrogen and oxygen atoms in total. The molecule has 4 heteroatoms. The fraction of sp³-hybridized carbons (Fsp3) is 1.00. The molecule has 1 fully saturated rings. The second-order valence-electron chi connectivity index (χ2n) is 6.77. The van der Waals surface area contributed by atoms with E-state index in [2.05, 4.69) is 38.2 Å². The van der Waals surface area contributed by atoms with E-state index in [0.29, 0.717) is 25.3 Å². The van der Waals surface area contributed by atoms with Crippen LogP contribution in [0.25, 0.3) is 0 Å². The fourth-order valence-corrected chi connectivity index (χ4v) is 2.59. The number of hydrogen-bond acceptors (Lipinski definition) is 4. The van der Waals surface area contributed by atoms with E-state index < -0.39 is 6.10 Å². The van der Waals surface area contributed by atoms with Gasteiger partial charge in [-0.05, 0) is 65.6 Å². The van der Waals surface area contributed by atoms with Crippen molar-refractivity contribution < 1.29 is 9.84 Å². The zero-order valence-corrected chi connectivity index (χ0v) is 13.8. The summed E-state index contributed by atoms with van der Waals surface area (Å²) in [5.41, 5.74) is 0. The summed E-state index contributed by atoms with van der Waals surface area (Å²) in [6.45, 7) is 6.63. The molecule has 120 valence electrons. The van der Waals surface area contributed by atoms with Gasteiger partial charge in [-0.1, -0.05) is 6.92 Å². The Morgan fingerprint density at radius 2 is 1.90 bits per heavy atom. The standard InChI is InChI=1S/C16H34N2O2/c1-13-5-7-16(8-6-13)20-12-15(19)11-17-14(2)9-10-18(3)4/h13-17,19H,5-12H2,1-4H3. The first-order valence-corrected chi connectivity index (χ1v) is 8.15. The first-order valence-electron chi connectivity index (χ1n) is 8.15. The summed E-state index contributed by atoms with van der Waals surface area (Å²) in [6.07, 6.45) is 5.91. The van der Waals surface area contributed by atoms with Crippen molar-refractivity contribution in [1.82, 2.24) is 10.2 Å². The first-order chi connectivity index (χ1) is 9.47. The zero-order valence-electron chi connectivity index (χ0n) is 13.8. The van der Waals surface area contributed by atoms with Crippen molar-refractivity contribution in [3.63, 3.8) is 0 Å². The van der Waals surface area contributed by atoms with Crippen molar-refractivity contribution >= 4 is 0 Å². The van der Waals surface area contributed by atoms with Crippen molar-refractivity contribution in [3.05, 3.63) is 0 Å². The molecule has 2 unspecified atom stereocenters. The Labute approximate surface area is 124 Å². The van der Waals surface area contributed by atoms with Gasteiger partial charge in [-0.25, -0.2) is 0 Å². The van der Waals surface area contributed by atoms with Crippen molar-refractivity contribution in [2.24, 2.45) is 5.92 Å². The minimum absolute atomic E-state index is 0.368. The van der Waals surface area contributed by atoms with Crippen LogP contribution in [0, 0.1) is 5.92 Å². The lowest BCUT2D eigenvalue weighted by Gasteiger charge is -2.27. The Hall–Kier alpha value is -0.160. The van der Waals surface area contributed by atoms with Crippen molar-refractivity contribution in [2.75, 3.05) is 33.8 Å². The fourth-order valence-electron chi connectivity index (χ4n) is 2.59. The number of hydrogen-bond donors (Lipinski definition) is 2. The van der Waals surface area contributed by atoms with Crippen LogP contribution in [0.2, 0.25) is 0 Å². The maximum absolute atomic E-state index is 9.96. The van der Waals surface area contributed by atoms with Gasteiger partial charge in [0.2, 0.25) is 0 Å². The summed E-state index contributed by atoms with van der Waals surface area (Å²) < 4.78 is 5.83. The highest BCUT2D eigenvalue weighted by atomic mass is 16.5. The summed E-state index contributed by atoms with van der Waals surface area (Å²) in [5.74, 6) is 0.846. The molecule has 0 radical (unpaired) electrons. The van der Waals surface area contributed by atoms with Crippen LogP contribution in [0.5, 0.6) is 0 Å². The summed E-state index contributed by atoms with van der Waals surface area (Å²) in [6, 6.07) is 0.433. The Morgan fingerprint density at radius 3 is 2.50 bits per heavy atom. The van der Waals surface area contributed by atoms with Crippen LogP contribution >= 0.6 is 0 Å². The maximum atomic E-state index is 9.96. The van der Waals surface area contributed by atoms with Crippen LogP contribution in [-0.2, 0) is 4.74 Å². The lowest BCUT2D eigenvalue weighted by Crippen LogP contribution is -2.38. The van der Waals surface area contributed by atoms with Crippen LogP contribution in [0.1, 0.15) is 46.0 Å². The van der Waals surface area contributed by atoms with Gasteiger partial charge in [0.1, 0.15) is 0 Å². The van der Waals surface area contributed by atoms with Gasteiger partial charge in [-0.15, -0.1) is 0 Å². The van der Waals surface area contributed by atoms with Gasteiger partial charge in [-0.2, -0.15) is 0 Å². The predicted molar refractivity (Wildman–Crippen MR) is 84.0 cm³/mol. The molecular weight excluding hydrogens is 252 g/mol. The van der Waals surface area contributed by atoms with Gasteiger partial charge in [0.15, 0.2) is 0 Å². The molecule has 0 amide bonds. The first kappa shape index (κ1) is 17.9. The lowest BCUT2D eigenvalue weighted by molar-refractivity contribution is -0.0283. The highest BCUT2D eigenvalue weighted by Crippen LogP contribution is 2.25. The maximum Gasteiger partial charge on any atom is 0.0897 e. The molecule has 0 aromatic carbocycles. The van der Waals surface area contributed by atoms with E-state index in [4.69, 9.17) is 4.74 Å². The SMILES string of the molecule is CC1CCC(OCC(O)CNC(C)CCN(C)C)CC1. The summed E-state index contributed by atoms with van der Waals surface area (Å²) >= 11 is 0. The zero-order chi connectivity index (χ0) is 15.0. The molecule has 1 aliphatic carbocycles.